The highest BCUT2D eigenvalue weighted by Gasteiger charge is 2.28. The molecule has 2 fully saturated rings. The van der Waals surface area contributed by atoms with Gasteiger partial charge in [0.1, 0.15) is 0 Å². The highest BCUT2D eigenvalue weighted by Crippen LogP contribution is 2.12. The molecule has 0 aromatic rings. The van der Waals surface area contributed by atoms with Crippen molar-refractivity contribution in [3.63, 3.8) is 0 Å². The van der Waals surface area contributed by atoms with Crippen molar-refractivity contribution in [1.29, 1.82) is 0 Å². The Labute approximate surface area is 140 Å². The van der Waals surface area contributed by atoms with Crippen LogP contribution in [-0.2, 0) is 9.59 Å². The van der Waals surface area contributed by atoms with E-state index >= 15 is 0 Å². The minimum Gasteiger partial charge on any atom is -0.342 e. The van der Waals surface area contributed by atoms with Crippen molar-refractivity contribution in [2.75, 3.05) is 45.8 Å². The van der Waals surface area contributed by atoms with Crippen molar-refractivity contribution >= 4 is 11.8 Å². The number of amides is 2. The Bertz CT molecular complexity index is 397. The van der Waals surface area contributed by atoms with Crippen molar-refractivity contribution in [2.24, 2.45) is 11.7 Å². The fourth-order valence-electron chi connectivity index (χ4n) is 3.25. The number of rotatable bonds is 4. The average molecular weight is 324 g/mol. The summed E-state index contributed by atoms with van der Waals surface area (Å²) in [4.78, 5) is 30.8. The summed E-state index contributed by atoms with van der Waals surface area (Å²) >= 11 is 0. The van der Waals surface area contributed by atoms with Gasteiger partial charge in [0.05, 0.1) is 12.5 Å². The third-order valence-corrected chi connectivity index (χ3v) is 5.18. The van der Waals surface area contributed by atoms with Crippen LogP contribution in [0.3, 0.4) is 0 Å². The van der Waals surface area contributed by atoms with E-state index < -0.39 is 0 Å². The van der Waals surface area contributed by atoms with Gasteiger partial charge in [-0.15, -0.1) is 0 Å². The number of nitrogens with zero attached hydrogens (tertiary/aromatic N) is 3. The smallest absolute Gasteiger partial charge is 0.236 e. The van der Waals surface area contributed by atoms with Crippen LogP contribution in [0.25, 0.3) is 0 Å². The lowest BCUT2D eigenvalue weighted by Gasteiger charge is -2.36. The molecule has 2 heterocycles. The van der Waals surface area contributed by atoms with E-state index in [0.29, 0.717) is 19.6 Å². The van der Waals surface area contributed by atoms with Crippen LogP contribution >= 0.6 is 0 Å². The van der Waals surface area contributed by atoms with Gasteiger partial charge in [0.25, 0.3) is 0 Å². The zero-order valence-corrected chi connectivity index (χ0v) is 14.7. The van der Waals surface area contributed by atoms with Gasteiger partial charge in [-0.1, -0.05) is 19.8 Å². The second kappa shape index (κ2) is 8.64. The molecular weight excluding hydrogens is 292 g/mol. The van der Waals surface area contributed by atoms with E-state index in [2.05, 4.69) is 4.90 Å². The minimum atomic E-state index is -0.139. The van der Waals surface area contributed by atoms with Crippen molar-refractivity contribution in [2.45, 2.75) is 45.6 Å². The quantitative estimate of drug-likeness (QED) is 0.818. The molecule has 2 aliphatic rings. The number of carbonyl (C=O) groups is 2. The third-order valence-electron chi connectivity index (χ3n) is 5.18. The Morgan fingerprint density at radius 1 is 0.870 bits per heavy atom. The van der Waals surface area contributed by atoms with Crippen molar-refractivity contribution < 1.29 is 9.59 Å². The summed E-state index contributed by atoms with van der Waals surface area (Å²) in [6, 6.07) is -0.120. The van der Waals surface area contributed by atoms with E-state index in [1.165, 1.54) is 12.8 Å². The highest BCUT2D eigenvalue weighted by atomic mass is 16.2. The molecule has 2 aliphatic heterocycles. The van der Waals surface area contributed by atoms with Gasteiger partial charge in [0, 0.05) is 45.3 Å². The molecule has 0 aromatic heterocycles. The highest BCUT2D eigenvalue weighted by molar-refractivity contribution is 5.80. The second-order valence-corrected chi connectivity index (χ2v) is 7.04. The van der Waals surface area contributed by atoms with Crippen molar-refractivity contribution in [3.05, 3.63) is 0 Å². The molecule has 6 nitrogen and oxygen atoms in total. The molecule has 2 amide bonds. The first-order valence-corrected chi connectivity index (χ1v) is 9.03. The Morgan fingerprint density at radius 2 is 1.43 bits per heavy atom. The summed E-state index contributed by atoms with van der Waals surface area (Å²) in [6.45, 7) is 9.01. The summed E-state index contributed by atoms with van der Waals surface area (Å²) in [5.41, 5.74) is 5.82. The fraction of sp³-hybridized carbons (Fsp3) is 0.882. The Kier molecular flexibility index (Phi) is 6.84. The maximum absolute atomic E-state index is 12.4. The lowest BCUT2D eigenvalue weighted by molar-refractivity contribution is -0.138. The number of hydrogen-bond donors (Lipinski definition) is 1. The number of hydrogen-bond acceptors (Lipinski definition) is 4. The zero-order chi connectivity index (χ0) is 16.8. The van der Waals surface area contributed by atoms with E-state index in [-0.39, 0.29) is 23.8 Å². The number of nitrogens with two attached hydrogens (primary N) is 1. The van der Waals surface area contributed by atoms with Crippen LogP contribution in [0.5, 0.6) is 0 Å². The molecule has 0 radical (unpaired) electrons. The van der Waals surface area contributed by atoms with Gasteiger partial charge in [0.2, 0.25) is 11.8 Å². The minimum absolute atomic E-state index is 0.120. The van der Waals surface area contributed by atoms with Gasteiger partial charge in [-0.05, 0) is 19.8 Å². The fourth-order valence-corrected chi connectivity index (χ4v) is 3.25. The van der Waals surface area contributed by atoms with Crippen molar-refractivity contribution in [1.82, 2.24) is 14.7 Å². The first-order valence-electron chi connectivity index (χ1n) is 9.03. The van der Waals surface area contributed by atoms with Gasteiger partial charge in [-0.2, -0.15) is 0 Å². The Hall–Kier alpha value is -1.14. The lowest BCUT2D eigenvalue weighted by Crippen LogP contribution is -2.53. The number of carbonyl (C=O) groups excluding carboxylic acids is 2. The molecule has 0 bridgehead atoms. The summed E-state index contributed by atoms with van der Waals surface area (Å²) in [5, 5.41) is 0. The molecule has 0 aliphatic carbocycles. The van der Waals surface area contributed by atoms with E-state index in [9.17, 15) is 9.59 Å². The average Bonchev–Trinajstić information content (AvgIpc) is 2.83. The predicted molar refractivity (Wildman–Crippen MR) is 90.9 cm³/mol. The first-order chi connectivity index (χ1) is 11.0. The summed E-state index contributed by atoms with van der Waals surface area (Å²) in [5.74, 6) is 0.245. The lowest BCUT2D eigenvalue weighted by atomic mass is 10.0. The van der Waals surface area contributed by atoms with E-state index in [0.717, 1.165) is 39.0 Å². The van der Waals surface area contributed by atoms with E-state index in [4.69, 9.17) is 5.73 Å². The standard InChI is InChI=1S/C17H32N4O2/c1-14(15(2)18)17(23)21-11-9-19(10-12-21)13-16(22)20-7-5-3-4-6-8-20/h14-15H,3-13,18H2,1-2H3. The largest absolute Gasteiger partial charge is 0.342 e. The maximum Gasteiger partial charge on any atom is 0.236 e. The normalized spacial score (nSPS) is 23.3. The Balaban J connectivity index is 1.76. The molecule has 2 atom stereocenters. The number of piperazine rings is 1. The van der Waals surface area contributed by atoms with E-state index in [1.54, 1.807) is 0 Å². The maximum atomic E-state index is 12.4. The number of likely N-dealkylation sites (tertiary alicyclic amines) is 1. The summed E-state index contributed by atoms with van der Waals surface area (Å²) in [7, 11) is 0. The molecule has 23 heavy (non-hydrogen) atoms. The van der Waals surface area contributed by atoms with Gasteiger partial charge >= 0.3 is 0 Å². The van der Waals surface area contributed by atoms with Crippen LogP contribution in [0.2, 0.25) is 0 Å². The van der Waals surface area contributed by atoms with Gasteiger partial charge < -0.3 is 15.5 Å². The molecule has 0 saturated carbocycles. The molecule has 0 spiro atoms. The molecule has 132 valence electrons. The van der Waals surface area contributed by atoms with Crippen LogP contribution in [0.15, 0.2) is 0 Å². The van der Waals surface area contributed by atoms with Gasteiger partial charge in [0.15, 0.2) is 0 Å². The third kappa shape index (κ3) is 5.18. The van der Waals surface area contributed by atoms with Crippen LogP contribution in [0.1, 0.15) is 39.5 Å². The molecule has 0 aromatic carbocycles. The van der Waals surface area contributed by atoms with Gasteiger partial charge in [-0.3, -0.25) is 14.5 Å². The zero-order valence-electron chi connectivity index (χ0n) is 14.7. The van der Waals surface area contributed by atoms with Gasteiger partial charge in [-0.25, -0.2) is 0 Å². The Morgan fingerprint density at radius 3 is 1.96 bits per heavy atom. The predicted octanol–water partition coefficient (Wildman–Crippen LogP) is 0.517. The van der Waals surface area contributed by atoms with Crippen LogP contribution in [-0.4, -0.2) is 78.4 Å². The summed E-state index contributed by atoms with van der Waals surface area (Å²) < 4.78 is 0. The van der Waals surface area contributed by atoms with Crippen molar-refractivity contribution in [3.8, 4) is 0 Å². The van der Waals surface area contributed by atoms with Crippen LogP contribution in [0, 0.1) is 5.92 Å². The SMILES string of the molecule is CC(N)C(C)C(=O)N1CCN(CC(=O)N2CCCCCC2)CC1. The molecule has 2 saturated heterocycles. The molecule has 2 N–H and O–H groups in total. The van der Waals surface area contributed by atoms with Crippen LogP contribution in [0.4, 0.5) is 0 Å². The monoisotopic (exact) mass is 324 g/mol. The van der Waals surface area contributed by atoms with Crippen LogP contribution < -0.4 is 5.73 Å². The van der Waals surface area contributed by atoms with E-state index in [1.807, 2.05) is 23.6 Å². The summed E-state index contributed by atoms with van der Waals surface area (Å²) in [6.07, 6.45) is 4.73. The topological polar surface area (TPSA) is 69.9 Å². The molecule has 6 heteroatoms. The molecular formula is C17H32N4O2. The molecule has 2 unspecified atom stereocenters. The first kappa shape index (κ1) is 18.2. The molecule has 2 rings (SSSR count). The second-order valence-electron chi connectivity index (χ2n) is 7.04.